The summed E-state index contributed by atoms with van der Waals surface area (Å²) in [5.74, 6) is -0.846. The molecule has 3 N–H and O–H groups in total. The molecule has 0 bridgehead atoms. The van der Waals surface area contributed by atoms with Gasteiger partial charge in [-0.3, -0.25) is 4.79 Å². The van der Waals surface area contributed by atoms with Crippen molar-refractivity contribution in [3.63, 3.8) is 0 Å². The first-order chi connectivity index (χ1) is 7.39. The van der Waals surface area contributed by atoms with E-state index in [1.54, 1.807) is 6.07 Å². The fraction of sp³-hybridized carbons (Fsp3) is 0.333. The molecule has 7 heteroatoms. The molecule has 0 saturated carbocycles. The van der Waals surface area contributed by atoms with Gasteiger partial charge < -0.3 is 10.8 Å². The first-order valence-electron chi connectivity index (χ1n) is 4.28. The Morgan fingerprint density at radius 2 is 2.19 bits per heavy atom. The van der Waals surface area contributed by atoms with Crippen LogP contribution in [0.25, 0.3) is 0 Å². The molecule has 2 atom stereocenters. The Bertz CT molecular complexity index is 438. The summed E-state index contributed by atoms with van der Waals surface area (Å²) in [6.07, 6.45) is 2.70. The van der Waals surface area contributed by atoms with Gasteiger partial charge in [0.2, 0.25) is 5.82 Å². The number of carbonyl (C=O) groups is 1. The molecule has 0 saturated heterocycles. The van der Waals surface area contributed by atoms with E-state index in [2.05, 4.69) is 25.9 Å². The molecule has 0 spiro atoms. The second-order valence-electron chi connectivity index (χ2n) is 3.33. The first kappa shape index (κ1) is 12.5. The van der Waals surface area contributed by atoms with Crippen LogP contribution in [0.2, 0.25) is 0 Å². The van der Waals surface area contributed by atoms with Crippen LogP contribution in [0.1, 0.15) is 23.1 Å². The number of hydrogen-bond donors (Lipinski definition) is 2. The van der Waals surface area contributed by atoms with Crippen LogP contribution in [0.4, 0.5) is 0 Å². The highest BCUT2D eigenvalue weighted by molar-refractivity contribution is 9.09. The van der Waals surface area contributed by atoms with E-state index in [-0.39, 0.29) is 5.82 Å². The average molecular weight is 285 g/mol. The topological polar surface area (TPSA) is 113 Å². The predicted octanol–water partition coefficient (Wildman–Crippen LogP) is 0.0206. The zero-order valence-electron chi connectivity index (χ0n) is 8.38. The van der Waals surface area contributed by atoms with Crippen molar-refractivity contribution in [3.8, 4) is 6.07 Å². The second kappa shape index (κ2) is 4.55. The van der Waals surface area contributed by atoms with Crippen molar-refractivity contribution >= 4 is 21.8 Å². The van der Waals surface area contributed by atoms with Crippen molar-refractivity contribution in [3.05, 3.63) is 23.8 Å². The number of nitrogens with zero attached hydrogens (tertiary/aromatic N) is 3. The van der Waals surface area contributed by atoms with E-state index in [1.165, 1.54) is 19.3 Å². The number of primary amides is 1. The zero-order chi connectivity index (χ0) is 12.3. The third-order valence-electron chi connectivity index (χ3n) is 2.06. The molecule has 0 fully saturated rings. The van der Waals surface area contributed by atoms with Crippen LogP contribution in [-0.4, -0.2) is 26.6 Å². The monoisotopic (exact) mass is 284 g/mol. The molecule has 16 heavy (non-hydrogen) atoms. The van der Waals surface area contributed by atoms with Gasteiger partial charge in [0.05, 0.1) is 4.83 Å². The largest absolute Gasteiger partial charge is 0.379 e. The lowest BCUT2D eigenvalue weighted by molar-refractivity contribution is -0.134. The summed E-state index contributed by atoms with van der Waals surface area (Å²) in [5.41, 5.74) is 3.76. The molecule has 1 heterocycles. The van der Waals surface area contributed by atoms with Crippen LogP contribution in [0.15, 0.2) is 12.4 Å². The number of hydrogen-bond acceptors (Lipinski definition) is 5. The Labute approximate surface area is 100 Å². The summed E-state index contributed by atoms with van der Waals surface area (Å²) >= 11 is 3.14. The zero-order valence-corrected chi connectivity index (χ0v) is 9.97. The van der Waals surface area contributed by atoms with Gasteiger partial charge in [0.25, 0.3) is 5.91 Å². The van der Waals surface area contributed by atoms with Crippen LogP contribution in [0.5, 0.6) is 0 Å². The normalized spacial score (nSPS) is 15.9. The summed E-state index contributed by atoms with van der Waals surface area (Å²) in [4.78, 5) is 17.7. The van der Waals surface area contributed by atoms with Crippen molar-refractivity contribution in [2.75, 3.05) is 0 Å². The Morgan fingerprint density at radius 3 is 2.56 bits per heavy atom. The third-order valence-corrected chi connectivity index (χ3v) is 3.48. The minimum Gasteiger partial charge on any atom is -0.379 e. The van der Waals surface area contributed by atoms with E-state index < -0.39 is 16.3 Å². The van der Waals surface area contributed by atoms with Gasteiger partial charge in [0.1, 0.15) is 6.07 Å². The van der Waals surface area contributed by atoms with E-state index in [4.69, 9.17) is 11.0 Å². The number of aromatic nitrogens is 2. The van der Waals surface area contributed by atoms with E-state index in [9.17, 15) is 9.90 Å². The van der Waals surface area contributed by atoms with Crippen LogP contribution in [-0.2, 0) is 4.79 Å². The molecular formula is C9H9BrN4O2. The number of aliphatic hydroxyl groups is 1. The van der Waals surface area contributed by atoms with E-state index in [0.717, 1.165) is 0 Å². The van der Waals surface area contributed by atoms with E-state index in [1.807, 2.05) is 0 Å². The second-order valence-corrected chi connectivity index (χ2v) is 4.24. The van der Waals surface area contributed by atoms with Crippen LogP contribution in [0.3, 0.4) is 0 Å². The maximum Gasteiger partial charge on any atom is 0.250 e. The summed E-state index contributed by atoms with van der Waals surface area (Å²) in [6, 6.07) is 1.76. The van der Waals surface area contributed by atoms with Crippen molar-refractivity contribution in [1.82, 2.24) is 9.97 Å². The number of nitriles is 1. The highest BCUT2D eigenvalue weighted by Gasteiger charge is 2.37. The molecule has 1 aromatic heterocycles. The van der Waals surface area contributed by atoms with Gasteiger partial charge in [0.15, 0.2) is 5.60 Å². The van der Waals surface area contributed by atoms with Gasteiger partial charge in [0, 0.05) is 18.0 Å². The molecule has 0 radical (unpaired) electrons. The van der Waals surface area contributed by atoms with Crippen molar-refractivity contribution < 1.29 is 9.90 Å². The maximum absolute atomic E-state index is 11.0. The molecule has 1 aromatic rings. The molecule has 1 rings (SSSR count). The summed E-state index contributed by atoms with van der Waals surface area (Å²) in [7, 11) is 0. The third kappa shape index (κ3) is 2.35. The van der Waals surface area contributed by atoms with E-state index >= 15 is 0 Å². The summed E-state index contributed by atoms with van der Waals surface area (Å²) < 4.78 is 0. The van der Waals surface area contributed by atoms with Crippen LogP contribution >= 0.6 is 15.9 Å². The number of nitrogens with two attached hydrogens (primary N) is 1. The molecule has 0 aromatic carbocycles. The molecule has 1 amide bonds. The minimum atomic E-state index is -1.75. The maximum atomic E-state index is 11.0. The van der Waals surface area contributed by atoms with Crippen molar-refractivity contribution in [2.45, 2.75) is 17.4 Å². The Morgan fingerprint density at radius 1 is 1.69 bits per heavy atom. The highest BCUT2D eigenvalue weighted by atomic mass is 79.9. The Kier molecular flexibility index (Phi) is 3.57. The van der Waals surface area contributed by atoms with Gasteiger partial charge in [-0.1, -0.05) is 15.9 Å². The number of halogens is 1. The fourth-order valence-electron chi connectivity index (χ4n) is 0.976. The van der Waals surface area contributed by atoms with Crippen molar-refractivity contribution in [1.29, 1.82) is 5.26 Å². The molecular weight excluding hydrogens is 276 g/mol. The van der Waals surface area contributed by atoms with Crippen LogP contribution < -0.4 is 5.73 Å². The Hall–Kier alpha value is -1.52. The molecule has 84 valence electrons. The lowest BCUT2D eigenvalue weighted by Crippen LogP contribution is -2.44. The number of alkyl halides is 1. The smallest absolute Gasteiger partial charge is 0.250 e. The predicted molar refractivity (Wildman–Crippen MR) is 58.2 cm³/mol. The molecule has 6 nitrogen and oxygen atoms in total. The van der Waals surface area contributed by atoms with Gasteiger partial charge in [-0.2, -0.15) is 5.26 Å². The SMILES string of the molecule is CC(O)(C(N)=O)C(Br)c1cnc(C#N)nc1. The lowest BCUT2D eigenvalue weighted by Gasteiger charge is -2.24. The van der Waals surface area contributed by atoms with Crippen molar-refractivity contribution in [2.24, 2.45) is 5.73 Å². The van der Waals surface area contributed by atoms with Gasteiger partial charge >= 0.3 is 0 Å². The lowest BCUT2D eigenvalue weighted by atomic mass is 9.97. The Balaban J connectivity index is 3.01. The molecule has 0 aliphatic rings. The molecule has 0 aliphatic carbocycles. The average Bonchev–Trinajstić information content (AvgIpc) is 2.28. The first-order valence-corrected chi connectivity index (χ1v) is 5.19. The minimum absolute atomic E-state index is 0.0159. The van der Waals surface area contributed by atoms with Gasteiger partial charge in [-0.25, -0.2) is 9.97 Å². The summed E-state index contributed by atoms with van der Waals surface area (Å²) in [6.45, 7) is 1.28. The number of rotatable bonds is 3. The van der Waals surface area contributed by atoms with Gasteiger partial charge in [-0.15, -0.1) is 0 Å². The molecule has 0 aliphatic heterocycles. The summed E-state index contributed by atoms with van der Waals surface area (Å²) in [5, 5.41) is 18.3. The molecule has 2 unspecified atom stereocenters. The van der Waals surface area contributed by atoms with Crippen LogP contribution in [0, 0.1) is 11.3 Å². The number of carbonyl (C=O) groups excluding carboxylic acids is 1. The number of amides is 1. The quantitative estimate of drug-likeness (QED) is 0.760. The van der Waals surface area contributed by atoms with E-state index in [0.29, 0.717) is 5.56 Å². The standard InChI is InChI=1S/C9H9BrN4O2/c1-9(16,8(12)15)7(10)5-3-13-6(2-11)14-4-5/h3-4,7,16H,1H3,(H2,12,15). The van der Waals surface area contributed by atoms with Gasteiger partial charge in [-0.05, 0) is 6.92 Å². The highest BCUT2D eigenvalue weighted by Crippen LogP contribution is 2.33. The fourth-order valence-corrected chi connectivity index (χ4v) is 1.44.